The summed E-state index contributed by atoms with van der Waals surface area (Å²) < 4.78 is 6.44. The number of rotatable bonds is 4. The minimum Gasteiger partial charge on any atom is -0.462 e. The fourth-order valence-electron chi connectivity index (χ4n) is 1.58. The lowest BCUT2D eigenvalue weighted by Crippen LogP contribution is -2.12. The average molecular weight is 433 g/mol. The normalized spacial score (nSPS) is 10.2. The Hall–Kier alpha value is -1.18. The molecule has 1 N–H and O–H groups in total. The number of benzene rings is 1. The maximum Gasteiger partial charge on any atom is 0.338 e. The van der Waals surface area contributed by atoms with Crippen molar-refractivity contribution in [3.05, 3.63) is 49.0 Å². The van der Waals surface area contributed by atoms with Crippen molar-refractivity contribution in [1.29, 1.82) is 0 Å². The fourth-order valence-corrected chi connectivity index (χ4v) is 3.20. The van der Waals surface area contributed by atoms with Gasteiger partial charge in [-0.1, -0.05) is 0 Å². The molecule has 0 radical (unpaired) electrons. The van der Waals surface area contributed by atoms with Crippen molar-refractivity contribution in [2.24, 2.45) is 0 Å². The van der Waals surface area contributed by atoms with Gasteiger partial charge in [-0.15, -0.1) is 11.3 Å². The van der Waals surface area contributed by atoms with E-state index in [1.165, 1.54) is 11.3 Å². The maximum absolute atomic E-state index is 12.1. The number of halogens is 2. The molecular weight excluding hydrogens is 422 g/mol. The maximum atomic E-state index is 12.1. The Morgan fingerprint density at radius 2 is 2.00 bits per heavy atom. The third-order valence-electron chi connectivity index (χ3n) is 2.56. The molecular formula is C14H11Br2NO3S. The van der Waals surface area contributed by atoms with Crippen LogP contribution in [0.25, 0.3) is 0 Å². The number of ether oxygens (including phenoxy) is 1. The van der Waals surface area contributed by atoms with Crippen molar-refractivity contribution in [2.75, 3.05) is 11.9 Å². The van der Waals surface area contributed by atoms with Gasteiger partial charge in [0, 0.05) is 9.85 Å². The lowest BCUT2D eigenvalue weighted by molar-refractivity contribution is 0.0526. The van der Waals surface area contributed by atoms with Crippen molar-refractivity contribution >= 4 is 60.8 Å². The molecule has 0 aliphatic carbocycles. The van der Waals surface area contributed by atoms with E-state index in [0.717, 1.165) is 3.79 Å². The van der Waals surface area contributed by atoms with E-state index in [-0.39, 0.29) is 5.91 Å². The van der Waals surface area contributed by atoms with E-state index in [0.29, 0.717) is 27.9 Å². The van der Waals surface area contributed by atoms with Crippen LogP contribution in [0.5, 0.6) is 0 Å². The van der Waals surface area contributed by atoms with Gasteiger partial charge in [-0.25, -0.2) is 4.79 Å². The molecule has 4 nitrogen and oxygen atoms in total. The number of carbonyl (C=O) groups is 2. The van der Waals surface area contributed by atoms with Crippen LogP contribution in [-0.2, 0) is 4.74 Å². The summed E-state index contributed by atoms with van der Waals surface area (Å²) in [6.07, 6.45) is 0. The minimum absolute atomic E-state index is 0.207. The molecule has 0 saturated carbocycles. The smallest absolute Gasteiger partial charge is 0.338 e. The average Bonchev–Trinajstić information content (AvgIpc) is 2.88. The van der Waals surface area contributed by atoms with Gasteiger partial charge < -0.3 is 10.1 Å². The SMILES string of the molecule is CCOC(=O)c1ccc(NC(=O)c2csc(Br)c2)c(Br)c1. The first-order chi connectivity index (χ1) is 10.0. The molecule has 0 saturated heterocycles. The van der Waals surface area contributed by atoms with Gasteiger partial charge in [0.05, 0.1) is 27.2 Å². The Morgan fingerprint density at radius 3 is 2.57 bits per heavy atom. The molecule has 1 aromatic carbocycles. The number of esters is 1. The molecule has 2 aromatic rings. The predicted molar refractivity (Wildman–Crippen MR) is 90.1 cm³/mol. The quantitative estimate of drug-likeness (QED) is 0.712. The van der Waals surface area contributed by atoms with Crippen LogP contribution < -0.4 is 5.32 Å². The number of hydrogen-bond donors (Lipinski definition) is 1. The number of thiophene rings is 1. The molecule has 0 atom stereocenters. The highest BCUT2D eigenvalue weighted by Crippen LogP contribution is 2.26. The van der Waals surface area contributed by atoms with Gasteiger partial charge in [-0.05, 0) is 63.0 Å². The number of anilines is 1. The van der Waals surface area contributed by atoms with E-state index in [1.807, 2.05) is 0 Å². The molecule has 0 aliphatic heterocycles. The monoisotopic (exact) mass is 431 g/mol. The van der Waals surface area contributed by atoms with E-state index in [2.05, 4.69) is 37.2 Å². The molecule has 1 heterocycles. The summed E-state index contributed by atoms with van der Waals surface area (Å²) >= 11 is 8.10. The second-order valence-electron chi connectivity index (χ2n) is 4.01. The van der Waals surface area contributed by atoms with Crippen molar-refractivity contribution < 1.29 is 14.3 Å². The topological polar surface area (TPSA) is 55.4 Å². The zero-order chi connectivity index (χ0) is 15.4. The molecule has 0 bridgehead atoms. The highest BCUT2D eigenvalue weighted by molar-refractivity contribution is 9.11. The highest BCUT2D eigenvalue weighted by atomic mass is 79.9. The lowest BCUT2D eigenvalue weighted by atomic mass is 10.2. The summed E-state index contributed by atoms with van der Waals surface area (Å²) in [6.45, 7) is 2.07. The number of carbonyl (C=O) groups excluding carboxylic acids is 2. The summed E-state index contributed by atoms with van der Waals surface area (Å²) in [5.41, 5.74) is 1.60. The predicted octanol–water partition coefficient (Wildman–Crippen LogP) is 4.70. The largest absolute Gasteiger partial charge is 0.462 e. The second-order valence-corrected chi connectivity index (χ2v) is 7.15. The summed E-state index contributed by atoms with van der Waals surface area (Å²) in [4.78, 5) is 23.7. The van der Waals surface area contributed by atoms with E-state index in [4.69, 9.17) is 4.74 Å². The van der Waals surface area contributed by atoms with Gasteiger partial charge in [-0.3, -0.25) is 4.79 Å². The van der Waals surface area contributed by atoms with Gasteiger partial charge >= 0.3 is 5.97 Å². The first-order valence-corrected chi connectivity index (χ1v) is 8.50. The van der Waals surface area contributed by atoms with Crippen molar-refractivity contribution in [1.82, 2.24) is 0 Å². The Kier molecular flexibility index (Phi) is 5.55. The van der Waals surface area contributed by atoms with Crippen LogP contribution in [0.1, 0.15) is 27.6 Å². The number of hydrogen-bond acceptors (Lipinski definition) is 4. The van der Waals surface area contributed by atoms with Crippen molar-refractivity contribution in [2.45, 2.75) is 6.92 Å². The van der Waals surface area contributed by atoms with Gasteiger partial charge in [0.25, 0.3) is 5.91 Å². The van der Waals surface area contributed by atoms with Crippen LogP contribution in [0.2, 0.25) is 0 Å². The molecule has 110 valence electrons. The Balaban J connectivity index is 2.14. The van der Waals surface area contributed by atoms with Gasteiger partial charge in [-0.2, -0.15) is 0 Å². The highest BCUT2D eigenvalue weighted by Gasteiger charge is 2.13. The molecule has 0 unspecified atom stereocenters. The Labute approximate surface area is 142 Å². The van der Waals surface area contributed by atoms with Crippen LogP contribution >= 0.6 is 43.2 Å². The Morgan fingerprint density at radius 1 is 1.24 bits per heavy atom. The van der Waals surface area contributed by atoms with E-state index >= 15 is 0 Å². The minimum atomic E-state index is -0.391. The zero-order valence-electron chi connectivity index (χ0n) is 11.0. The molecule has 2 rings (SSSR count). The Bertz CT molecular complexity index is 685. The van der Waals surface area contributed by atoms with Crippen LogP contribution in [-0.4, -0.2) is 18.5 Å². The molecule has 7 heteroatoms. The third-order valence-corrected chi connectivity index (χ3v) is 4.72. The molecule has 0 fully saturated rings. The zero-order valence-corrected chi connectivity index (χ0v) is 15.0. The van der Waals surface area contributed by atoms with Crippen LogP contribution in [0.3, 0.4) is 0 Å². The van der Waals surface area contributed by atoms with Crippen molar-refractivity contribution in [3.8, 4) is 0 Å². The summed E-state index contributed by atoms with van der Waals surface area (Å²) in [6, 6.07) is 6.65. The summed E-state index contributed by atoms with van der Waals surface area (Å²) in [5, 5.41) is 4.55. The molecule has 21 heavy (non-hydrogen) atoms. The lowest BCUT2D eigenvalue weighted by Gasteiger charge is -2.08. The van der Waals surface area contributed by atoms with Gasteiger partial charge in [0.15, 0.2) is 0 Å². The first-order valence-electron chi connectivity index (χ1n) is 6.03. The van der Waals surface area contributed by atoms with Gasteiger partial charge in [0.1, 0.15) is 0 Å². The van der Waals surface area contributed by atoms with Crippen LogP contribution in [0.4, 0.5) is 5.69 Å². The van der Waals surface area contributed by atoms with E-state index in [9.17, 15) is 9.59 Å². The molecule has 0 aliphatic rings. The first kappa shape index (κ1) is 16.2. The van der Waals surface area contributed by atoms with Crippen LogP contribution in [0.15, 0.2) is 37.9 Å². The molecule has 1 amide bonds. The number of amides is 1. The van der Waals surface area contributed by atoms with Gasteiger partial charge in [0.2, 0.25) is 0 Å². The fraction of sp³-hybridized carbons (Fsp3) is 0.143. The van der Waals surface area contributed by atoms with Crippen LogP contribution in [0, 0.1) is 0 Å². The molecule has 0 spiro atoms. The molecule has 1 aromatic heterocycles. The second kappa shape index (κ2) is 7.20. The standard InChI is InChI=1S/C14H11Br2NO3S/c1-2-20-14(19)8-3-4-11(10(15)5-8)17-13(18)9-6-12(16)21-7-9/h3-7H,2H2,1H3,(H,17,18). The third kappa shape index (κ3) is 4.15. The van der Waals surface area contributed by atoms with E-state index < -0.39 is 5.97 Å². The summed E-state index contributed by atoms with van der Waals surface area (Å²) in [7, 11) is 0. The van der Waals surface area contributed by atoms with E-state index in [1.54, 1.807) is 36.6 Å². The van der Waals surface area contributed by atoms with Crippen molar-refractivity contribution in [3.63, 3.8) is 0 Å². The summed E-state index contributed by atoms with van der Waals surface area (Å²) in [5.74, 6) is -0.598. The number of nitrogens with one attached hydrogen (secondary N) is 1.